The third kappa shape index (κ3) is 4.14. The zero-order valence-corrected chi connectivity index (χ0v) is 13.7. The first-order chi connectivity index (χ1) is 9.04. The molecule has 19 heavy (non-hydrogen) atoms. The van der Waals surface area contributed by atoms with Gasteiger partial charge in [-0.3, -0.25) is 9.48 Å². The molecule has 0 radical (unpaired) electrons. The Morgan fingerprint density at radius 3 is 2.63 bits per heavy atom. The molecule has 0 aromatic carbocycles. The van der Waals surface area contributed by atoms with Crippen LogP contribution < -0.4 is 5.73 Å². The van der Waals surface area contributed by atoms with Gasteiger partial charge in [0.2, 0.25) is 0 Å². The molecule has 0 aliphatic heterocycles. The summed E-state index contributed by atoms with van der Waals surface area (Å²) in [6.07, 6.45) is 4.07. The first kappa shape index (κ1) is 16.4. The van der Waals surface area contributed by atoms with Crippen molar-refractivity contribution in [1.82, 2.24) is 9.78 Å². The summed E-state index contributed by atoms with van der Waals surface area (Å²) in [6.45, 7) is 6.97. The van der Waals surface area contributed by atoms with E-state index in [-0.39, 0.29) is 11.8 Å². The highest BCUT2D eigenvalue weighted by molar-refractivity contribution is 9.10. The molecule has 108 valence electrons. The van der Waals surface area contributed by atoms with E-state index in [9.17, 15) is 4.79 Å². The largest absolute Gasteiger partial charge is 0.321 e. The van der Waals surface area contributed by atoms with Gasteiger partial charge in [-0.05, 0) is 35.7 Å². The Bertz CT molecular complexity index is 429. The summed E-state index contributed by atoms with van der Waals surface area (Å²) in [5.41, 5.74) is 7.90. The van der Waals surface area contributed by atoms with Gasteiger partial charge in [-0.2, -0.15) is 5.10 Å². The van der Waals surface area contributed by atoms with E-state index < -0.39 is 0 Å². The molecule has 0 amide bonds. The maximum atomic E-state index is 12.1. The maximum absolute atomic E-state index is 12.1. The molecule has 0 fully saturated rings. The SMILES string of the molecule is CCCCC(N)C(=O)Cc1c(Br)c(CC)nn1CC. The normalized spacial score (nSPS) is 12.7. The zero-order valence-electron chi connectivity index (χ0n) is 12.1. The predicted octanol–water partition coefficient (Wildman–Crippen LogP) is 2.86. The van der Waals surface area contributed by atoms with Gasteiger partial charge in [-0.15, -0.1) is 0 Å². The van der Waals surface area contributed by atoms with Crippen molar-refractivity contribution in [3.8, 4) is 0 Å². The molecular formula is C14H24BrN3O. The summed E-state index contributed by atoms with van der Waals surface area (Å²) in [5.74, 6) is 0.103. The van der Waals surface area contributed by atoms with Gasteiger partial charge in [0.25, 0.3) is 0 Å². The molecule has 0 saturated carbocycles. The minimum absolute atomic E-state index is 0.103. The van der Waals surface area contributed by atoms with Crippen LogP contribution in [-0.4, -0.2) is 21.6 Å². The van der Waals surface area contributed by atoms with Gasteiger partial charge in [0.15, 0.2) is 5.78 Å². The number of carbonyl (C=O) groups excluding carboxylic acids is 1. The molecule has 2 N–H and O–H groups in total. The topological polar surface area (TPSA) is 60.9 Å². The van der Waals surface area contributed by atoms with Crippen LogP contribution in [0.4, 0.5) is 0 Å². The molecule has 0 saturated heterocycles. The molecular weight excluding hydrogens is 306 g/mol. The Morgan fingerprint density at radius 1 is 1.42 bits per heavy atom. The molecule has 1 atom stereocenters. The van der Waals surface area contributed by atoms with Crippen molar-refractivity contribution in [3.05, 3.63) is 15.9 Å². The smallest absolute Gasteiger partial charge is 0.155 e. The van der Waals surface area contributed by atoms with Crippen molar-refractivity contribution < 1.29 is 4.79 Å². The van der Waals surface area contributed by atoms with Crippen LogP contribution in [0.25, 0.3) is 0 Å². The van der Waals surface area contributed by atoms with Gasteiger partial charge >= 0.3 is 0 Å². The summed E-state index contributed by atoms with van der Waals surface area (Å²) in [7, 11) is 0. The second-order valence-electron chi connectivity index (χ2n) is 4.77. The van der Waals surface area contributed by atoms with E-state index in [0.717, 1.165) is 48.1 Å². The van der Waals surface area contributed by atoms with Crippen LogP contribution in [-0.2, 0) is 24.2 Å². The quantitative estimate of drug-likeness (QED) is 0.797. The predicted molar refractivity (Wildman–Crippen MR) is 81.2 cm³/mol. The minimum Gasteiger partial charge on any atom is -0.321 e. The molecule has 1 unspecified atom stereocenters. The number of nitrogens with two attached hydrogens (primary N) is 1. The lowest BCUT2D eigenvalue weighted by molar-refractivity contribution is -0.119. The summed E-state index contributed by atoms with van der Waals surface area (Å²) in [4.78, 5) is 12.1. The van der Waals surface area contributed by atoms with Crippen molar-refractivity contribution in [2.24, 2.45) is 5.73 Å². The van der Waals surface area contributed by atoms with Crippen LogP contribution in [0.3, 0.4) is 0 Å². The monoisotopic (exact) mass is 329 g/mol. The van der Waals surface area contributed by atoms with Gasteiger partial charge in [-0.1, -0.05) is 26.7 Å². The van der Waals surface area contributed by atoms with Crippen molar-refractivity contribution in [2.45, 2.75) is 65.5 Å². The highest BCUT2D eigenvalue weighted by Gasteiger charge is 2.20. The lowest BCUT2D eigenvalue weighted by Gasteiger charge is -2.11. The molecule has 1 aromatic heterocycles. The van der Waals surface area contributed by atoms with Gasteiger partial charge in [-0.25, -0.2) is 0 Å². The number of hydrogen-bond donors (Lipinski definition) is 1. The number of ketones is 1. The van der Waals surface area contributed by atoms with Crippen LogP contribution in [0.15, 0.2) is 4.47 Å². The summed E-state index contributed by atoms with van der Waals surface area (Å²) in [5, 5.41) is 4.50. The number of unbranched alkanes of at least 4 members (excludes halogenated alkanes) is 1. The first-order valence-electron chi connectivity index (χ1n) is 7.07. The van der Waals surface area contributed by atoms with Crippen molar-refractivity contribution in [3.63, 3.8) is 0 Å². The number of nitrogens with zero attached hydrogens (tertiary/aromatic N) is 2. The number of hydrogen-bond acceptors (Lipinski definition) is 3. The highest BCUT2D eigenvalue weighted by Crippen LogP contribution is 2.23. The van der Waals surface area contributed by atoms with Crippen LogP contribution in [0, 0.1) is 0 Å². The third-order valence-corrected chi connectivity index (χ3v) is 4.23. The van der Waals surface area contributed by atoms with E-state index in [2.05, 4.69) is 34.9 Å². The van der Waals surface area contributed by atoms with E-state index in [0.29, 0.717) is 6.42 Å². The molecule has 1 rings (SSSR count). The van der Waals surface area contributed by atoms with Crippen LogP contribution in [0.5, 0.6) is 0 Å². The Balaban J connectivity index is 2.81. The van der Waals surface area contributed by atoms with E-state index in [1.165, 1.54) is 0 Å². The Morgan fingerprint density at radius 2 is 2.11 bits per heavy atom. The van der Waals surface area contributed by atoms with Gasteiger partial charge in [0.1, 0.15) is 0 Å². The molecule has 5 heteroatoms. The average molecular weight is 330 g/mol. The summed E-state index contributed by atoms with van der Waals surface area (Å²) < 4.78 is 2.86. The highest BCUT2D eigenvalue weighted by atomic mass is 79.9. The molecule has 0 spiro atoms. The molecule has 1 aromatic rings. The van der Waals surface area contributed by atoms with Crippen molar-refractivity contribution in [1.29, 1.82) is 0 Å². The Labute approximate surface area is 123 Å². The second kappa shape index (κ2) is 7.80. The molecule has 4 nitrogen and oxygen atoms in total. The van der Waals surface area contributed by atoms with E-state index in [1.54, 1.807) is 0 Å². The van der Waals surface area contributed by atoms with Crippen LogP contribution in [0.2, 0.25) is 0 Å². The number of rotatable bonds is 8. The number of carbonyl (C=O) groups is 1. The first-order valence-corrected chi connectivity index (χ1v) is 7.86. The van der Waals surface area contributed by atoms with E-state index in [4.69, 9.17) is 5.73 Å². The molecule has 0 bridgehead atoms. The van der Waals surface area contributed by atoms with Crippen molar-refractivity contribution >= 4 is 21.7 Å². The standard InChI is InChI=1S/C14H24BrN3O/c1-4-7-8-10(16)13(19)9-12-14(15)11(5-2)17-18(12)6-3/h10H,4-9,16H2,1-3H3. The fourth-order valence-electron chi connectivity index (χ4n) is 2.07. The summed E-state index contributed by atoms with van der Waals surface area (Å²) >= 11 is 3.56. The lowest BCUT2D eigenvalue weighted by atomic mass is 10.0. The van der Waals surface area contributed by atoms with Gasteiger partial charge < -0.3 is 5.73 Å². The lowest BCUT2D eigenvalue weighted by Crippen LogP contribution is -2.32. The molecule has 1 heterocycles. The third-order valence-electron chi connectivity index (χ3n) is 3.32. The minimum atomic E-state index is -0.350. The van der Waals surface area contributed by atoms with Crippen molar-refractivity contribution in [2.75, 3.05) is 0 Å². The summed E-state index contributed by atoms with van der Waals surface area (Å²) in [6, 6.07) is -0.350. The van der Waals surface area contributed by atoms with E-state index >= 15 is 0 Å². The Hall–Kier alpha value is -0.680. The maximum Gasteiger partial charge on any atom is 0.155 e. The number of Topliss-reactive ketones (excluding diaryl/α,β-unsaturated/α-hetero) is 1. The fourth-order valence-corrected chi connectivity index (χ4v) is 2.77. The fraction of sp³-hybridized carbons (Fsp3) is 0.714. The van der Waals surface area contributed by atoms with Crippen LogP contribution >= 0.6 is 15.9 Å². The Kier molecular flexibility index (Phi) is 6.72. The second-order valence-corrected chi connectivity index (χ2v) is 5.56. The van der Waals surface area contributed by atoms with Gasteiger partial charge in [0, 0.05) is 6.54 Å². The number of aryl methyl sites for hydroxylation is 2. The number of aromatic nitrogens is 2. The van der Waals surface area contributed by atoms with Gasteiger partial charge in [0.05, 0.1) is 28.3 Å². The van der Waals surface area contributed by atoms with Crippen LogP contribution in [0.1, 0.15) is 51.4 Å². The zero-order chi connectivity index (χ0) is 14.4. The number of halogens is 1. The van der Waals surface area contributed by atoms with E-state index in [1.807, 2.05) is 11.6 Å². The molecule has 0 aliphatic rings. The molecule has 0 aliphatic carbocycles. The average Bonchev–Trinajstić information content (AvgIpc) is 2.72.